The van der Waals surface area contributed by atoms with Gasteiger partial charge in [0.2, 0.25) is 11.8 Å². The van der Waals surface area contributed by atoms with E-state index in [0.717, 1.165) is 24.6 Å². The molecule has 10 heteroatoms. The van der Waals surface area contributed by atoms with Gasteiger partial charge < -0.3 is 10.2 Å². The Morgan fingerprint density at radius 3 is 2.65 bits per heavy atom. The van der Waals surface area contributed by atoms with Crippen molar-refractivity contribution in [1.82, 2.24) is 4.90 Å². The summed E-state index contributed by atoms with van der Waals surface area (Å²) in [6, 6.07) is 10.9. The quantitative estimate of drug-likeness (QED) is 0.650. The first-order valence-electron chi connectivity index (χ1n) is 9.92. The molecule has 164 valence electrons. The molecule has 31 heavy (non-hydrogen) atoms. The molecule has 2 amide bonds. The third-order valence-corrected chi connectivity index (χ3v) is 8.27. The lowest BCUT2D eigenvalue weighted by Gasteiger charge is -2.33. The maximum atomic E-state index is 12.9. The van der Waals surface area contributed by atoms with Gasteiger partial charge in [0.15, 0.2) is 5.25 Å². The third-order valence-electron chi connectivity index (χ3n) is 5.40. The summed E-state index contributed by atoms with van der Waals surface area (Å²) in [5.74, 6) is -0.0451. The van der Waals surface area contributed by atoms with Crippen molar-refractivity contribution in [3.63, 3.8) is 0 Å². The number of anilines is 2. The van der Waals surface area contributed by atoms with E-state index in [2.05, 4.69) is 17.0 Å². The van der Waals surface area contributed by atoms with Crippen LogP contribution in [0.25, 0.3) is 0 Å². The fourth-order valence-electron chi connectivity index (χ4n) is 3.58. The number of hydrogen-bond acceptors (Lipinski definition) is 5. The molecule has 2 aliphatic rings. The molecule has 0 radical (unpaired) electrons. The van der Waals surface area contributed by atoms with Gasteiger partial charge >= 0.3 is 0 Å². The van der Waals surface area contributed by atoms with Crippen LogP contribution in [-0.2, 0) is 19.6 Å². The average molecular weight is 480 g/mol. The minimum Gasteiger partial charge on any atom is -0.341 e. The van der Waals surface area contributed by atoms with Crippen LogP contribution in [0.3, 0.4) is 0 Å². The van der Waals surface area contributed by atoms with Gasteiger partial charge in [-0.2, -0.15) is 0 Å². The van der Waals surface area contributed by atoms with Crippen LogP contribution >= 0.6 is 23.4 Å². The molecule has 1 unspecified atom stereocenters. The van der Waals surface area contributed by atoms with E-state index in [9.17, 15) is 18.0 Å². The van der Waals surface area contributed by atoms with E-state index in [-0.39, 0.29) is 10.8 Å². The van der Waals surface area contributed by atoms with Crippen molar-refractivity contribution in [3.8, 4) is 0 Å². The maximum absolute atomic E-state index is 12.9. The summed E-state index contributed by atoms with van der Waals surface area (Å²) in [5.41, 5.74) is 0.713. The molecule has 2 heterocycles. The van der Waals surface area contributed by atoms with Crippen molar-refractivity contribution in [2.75, 3.05) is 23.1 Å². The molecular weight excluding hydrogens is 458 g/mol. The minimum atomic E-state index is -3.88. The predicted molar refractivity (Wildman–Crippen MR) is 122 cm³/mol. The number of hydrogen-bond donors (Lipinski definition) is 2. The van der Waals surface area contributed by atoms with Crippen LogP contribution in [0.1, 0.15) is 19.8 Å². The van der Waals surface area contributed by atoms with Crippen LogP contribution < -0.4 is 10.0 Å². The molecule has 0 aromatic heterocycles. The number of carbonyl (C=O) groups is 2. The Morgan fingerprint density at radius 2 is 1.94 bits per heavy atom. The highest BCUT2D eigenvalue weighted by molar-refractivity contribution is 8.01. The fraction of sp³-hybridized carbons (Fsp3) is 0.333. The van der Waals surface area contributed by atoms with Crippen molar-refractivity contribution < 1.29 is 18.0 Å². The molecule has 0 saturated carbocycles. The van der Waals surface area contributed by atoms with Gasteiger partial charge in [0, 0.05) is 23.0 Å². The summed E-state index contributed by atoms with van der Waals surface area (Å²) in [4.78, 5) is 27.9. The number of halogens is 1. The molecule has 0 aliphatic carbocycles. The third kappa shape index (κ3) is 4.83. The molecule has 2 aromatic rings. The summed E-state index contributed by atoms with van der Waals surface area (Å²) >= 11 is 7.07. The Hall–Kier alpha value is -2.23. The first-order chi connectivity index (χ1) is 14.7. The average Bonchev–Trinajstić information content (AvgIpc) is 2.72. The Balaban J connectivity index is 1.52. The van der Waals surface area contributed by atoms with Gasteiger partial charge in [-0.1, -0.05) is 24.6 Å². The topological polar surface area (TPSA) is 95.6 Å². The lowest BCUT2D eigenvalue weighted by molar-refractivity contribution is -0.135. The number of likely N-dealkylation sites (tertiary alicyclic amines) is 1. The normalized spacial score (nSPS) is 19.5. The molecular formula is C21H22ClN3O4S2. The maximum Gasteiger partial charge on any atom is 0.261 e. The van der Waals surface area contributed by atoms with Gasteiger partial charge in [-0.05, 0) is 55.2 Å². The van der Waals surface area contributed by atoms with Crippen LogP contribution in [0.2, 0.25) is 5.02 Å². The van der Waals surface area contributed by atoms with Crippen molar-refractivity contribution >= 4 is 56.6 Å². The SMILES string of the molecule is CC1CCN(C(=O)C2Sc3ccc(S(=O)(=O)Nc4cccc(Cl)c4)cc3NC2=O)CC1. The number of sulfonamides is 1. The number of piperidine rings is 1. The number of rotatable bonds is 4. The number of thioether (sulfide) groups is 1. The Labute approximate surface area is 190 Å². The number of carbonyl (C=O) groups excluding carboxylic acids is 2. The van der Waals surface area contributed by atoms with E-state index in [0.29, 0.717) is 40.3 Å². The monoisotopic (exact) mass is 479 g/mol. The van der Waals surface area contributed by atoms with Crippen molar-refractivity contribution in [2.45, 2.75) is 34.8 Å². The number of fused-ring (bicyclic) bond motifs is 1. The number of amides is 2. The van der Waals surface area contributed by atoms with Crippen LogP contribution in [0, 0.1) is 5.92 Å². The van der Waals surface area contributed by atoms with Crippen molar-refractivity contribution in [2.24, 2.45) is 5.92 Å². The summed E-state index contributed by atoms with van der Waals surface area (Å²) in [7, 11) is -3.88. The second kappa shape index (κ2) is 8.72. The van der Waals surface area contributed by atoms with Gasteiger partial charge in [-0.3, -0.25) is 14.3 Å². The molecule has 0 bridgehead atoms. The van der Waals surface area contributed by atoms with E-state index in [4.69, 9.17) is 11.6 Å². The molecule has 2 aromatic carbocycles. The van der Waals surface area contributed by atoms with Gasteiger partial charge in [0.05, 0.1) is 16.3 Å². The summed E-state index contributed by atoms with van der Waals surface area (Å²) in [6.07, 6.45) is 1.87. The van der Waals surface area contributed by atoms with E-state index >= 15 is 0 Å². The van der Waals surface area contributed by atoms with E-state index in [1.807, 2.05) is 0 Å². The second-order valence-electron chi connectivity index (χ2n) is 7.77. The van der Waals surface area contributed by atoms with E-state index in [1.165, 1.54) is 18.2 Å². The molecule has 2 N–H and O–H groups in total. The van der Waals surface area contributed by atoms with Crippen molar-refractivity contribution in [1.29, 1.82) is 0 Å². The Morgan fingerprint density at radius 1 is 1.19 bits per heavy atom. The fourth-order valence-corrected chi connectivity index (χ4v) is 5.90. The molecule has 2 aliphatic heterocycles. The van der Waals surface area contributed by atoms with Crippen LogP contribution in [0.15, 0.2) is 52.3 Å². The second-order valence-corrected chi connectivity index (χ2v) is 11.0. The predicted octanol–water partition coefficient (Wildman–Crippen LogP) is 3.81. The van der Waals surface area contributed by atoms with Crippen LogP contribution in [-0.4, -0.2) is 43.5 Å². The van der Waals surface area contributed by atoms with E-state index in [1.54, 1.807) is 29.2 Å². The van der Waals surface area contributed by atoms with Gasteiger partial charge in [-0.15, -0.1) is 11.8 Å². The number of nitrogens with zero attached hydrogens (tertiary/aromatic N) is 1. The summed E-state index contributed by atoms with van der Waals surface area (Å²) in [5, 5.41) is 2.25. The summed E-state index contributed by atoms with van der Waals surface area (Å²) < 4.78 is 28.0. The highest BCUT2D eigenvalue weighted by atomic mass is 35.5. The highest BCUT2D eigenvalue weighted by Crippen LogP contribution is 2.38. The van der Waals surface area contributed by atoms with Crippen molar-refractivity contribution in [3.05, 3.63) is 47.5 Å². The van der Waals surface area contributed by atoms with Crippen LogP contribution in [0.5, 0.6) is 0 Å². The zero-order chi connectivity index (χ0) is 22.2. The highest BCUT2D eigenvalue weighted by Gasteiger charge is 2.37. The standard InChI is InChI=1S/C21H22ClN3O4S2/c1-13-7-9-25(10-8-13)21(27)19-20(26)23-17-12-16(5-6-18(17)30-19)31(28,29)24-15-4-2-3-14(22)11-15/h2-6,11-13,19,24H,7-10H2,1H3,(H,23,26). The zero-order valence-corrected chi connectivity index (χ0v) is 19.2. The lowest BCUT2D eigenvalue weighted by atomic mass is 9.99. The minimum absolute atomic E-state index is 0.00178. The van der Waals surface area contributed by atoms with Gasteiger partial charge in [-0.25, -0.2) is 8.42 Å². The molecule has 0 spiro atoms. The van der Waals surface area contributed by atoms with Crippen LogP contribution in [0.4, 0.5) is 11.4 Å². The number of nitrogens with one attached hydrogen (secondary N) is 2. The Kier molecular flexibility index (Phi) is 6.18. The van der Waals surface area contributed by atoms with E-state index < -0.39 is 21.2 Å². The first-order valence-corrected chi connectivity index (χ1v) is 12.7. The first kappa shape index (κ1) is 22.0. The molecule has 4 rings (SSSR count). The molecule has 1 saturated heterocycles. The van der Waals surface area contributed by atoms with Gasteiger partial charge in [0.1, 0.15) is 0 Å². The zero-order valence-electron chi connectivity index (χ0n) is 16.8. The molecule has 7 nitrogen and oxygen atoms in total. The van der Waals surface area contributed by atoms with Gasteiger partial charge in [0.25, 0.3) is 10.0 Å². The molecule has 1 fully saturated rings. The lowest BCUT2D eigenvalue weighted by Crippen LogP contribution is -2.47. The largest absolute Gasteiger partial charge is 0.341 e. The smallest absolute Gasteiger partial charge is 0.261 e. The summed E-state index contributed by atoms with van der Waals surface area (Å²) in [6.45, 7) is 3.47. The Bertz CT molecular complexity index is 1130. The number of benzene rings is 2. The molecule has 1 atom stereocenters.